The van der Waals surface area contributed by atoms with Crippen molar-refractivity contribution in [2.75, 3.05) is 31.5 Å². The van der Waals surface area contributed by atoms with Crippen molar-refractivity contribution in [1.82, 2.24) is 24.2 Å². The number of nitrogens with zero attached hydrogens (tertiary/aromatic N) is 5. The third-order valence-corrected chi connectivity index (χ3v) is 7.16. The molecule has 0 unspecified atom stereocenters. The number of halogens is 4. The minimum atomic E-state index is -3.30. The van der Waals surface area contributed by atoms with Crippen molar-refractivity contribution >= 4 is 29.2 Å². The van der Waals surface area contributed by atoms with Crippen molar-refractivity contribution in [2.45, 2.75) is 46.3 Å². The first-order chi connectivity index (χ1) is 21.4. The number of carbonyl (C=O) groups is 2. The molecule has 2 amide bonds. The Labute approximate surface area is 256 Å². The van der Waals surface area contributed by atoms with Gasteiger partial charge in [0, 0.05) is 55.4 Å². The number of aromatic nitrogens is 3. The number of amides is 2. The number of rotatable bonds is 7. The monoisotopic (exact) mass is 628 g/mol. The maximum Gasteiger partial charge on any atom is 0.410 e. The summed E-state index contributed by atoms with van der Waals surface area (Å²) in [7, 11) is 0. The molecule has 3 heterocycles. The van der Waals surface area contributed by atoms with E-state index in [-0.39, 0.29) is 17.2 Å². The first-order valence-electron chi connectivity index (χ1n) is 14.3. The molecule has 0 aliphatic carbocycles. The molecule has 1 aliphatic rings. The van der Waals surface area contributed by atoms with Gasteiger partial charge in [-0.1, -0.05) is 6.92 Å². The van der Waals surface area contributed by atoms with Gasteiger partial charge in [-0.25, -0.2) is 19.2 Å². The highest BCUT2D eigenvalue weighted by Gasteiger charge is 2.29. The fourth-order valence-electron chi connectivity index (χ4n) is 5.02. The van der Waals surface area contributed by atoms with Crippen LogP contribution < -0.4 is 10.1 Å². The number of fused-ring (bicyclic) bond motifs is 1. The van der Waals surface area contributed by atoms with E-state index in [1.807, 2.05) is 13.0 Å². The first kappa shape index (κ1) is 31.5. The number of aryl methyl sites for hydroxylation is 1. The van der Waals surface area contributed by atoms with Crippen molar-refractivity contribution in [3.8, 4) is 17.0 Å². The second-order valence-electron chi connectivity index (χ2n) is 11.3. The number of carbonyl (C=O) groups excluding carboxylic acids is 2. The fraction of sp³-hybridized carbons (Fsp3) is 0.355. The molecule has 0 atom stereocenters. The van der Waals surface area contributed by atoms with Crippen LogP contribution in [0.2, 0.25) is 0 Å². The van der Waals surface area contributed by atoms with Gasteiger partial charge in [0.1, 0.15) is 5.60 Å². The average molecular weight is 629 g/mol. The van der Waals surface area contributed by atoms with Gasteiger partial charge < -0.3 is 24.6 Å². The summed E-state index contributed by atoms with van der Waals surface area (Å²) < 4.78 is 65.3. The molecule has 1 N–H and O–H groups in total. The molecule has 1 fully saturated rings. The number of nitrogens with one attached hydrogen (secondary N) is 1. The Hall–Kier alpha value is -4.88. The Morgan fingerprint density at radius 1 is 1.00 bits per heavy atom. The topological polar surface area (TPSA) is 101 Å². The molecule has 0 bridgehead atoms. The number of hydrogen-bond donors (Lipinski definition) is 1. The van der Waals surface area contributed by atoms with E-state index in [1.165, 1.54) is 23.0 Å². The molecule has 14 heteroatoms. The first-order valence-corrected chi connectivity index (χ1v) is 14.3. The molecule has 238 valence electrons. The smallest absolute Gasteiger partial charge is 0.410 e. The van der Waals surface area contributed by atoms with E-state index in [2.05, 4.69) is 20.0 Å². The van der Waals surface area contributed by atoms with Crippen LogP contribution >= 0.6 is 0 Å². The average Bonchev–Trinajstić information content (AvgIpc) is 3.43. The molecular weight excluding hydrogens is 596 g/mol. The number of anilines is 2. The Kier molecular flexibility index (Phi) is 8.84. The van der Waals surface area contributed by atoms with Crippen LogP contribution in [-0.4, -0.2) is 74.6 Å². The SMILES string of the molecule is CCc1cc(Nc2nccn3c(-c4ccc(OC(F)F)c(F)c4F)cnc23)ccc1C(=O)N1CCN(C(=O)OC(C)(C)C)CC1. The second-order valence-corrected chi connectivity index (χ2v) is 11.3. The summed E-state index contributed by atoms with van der Waals surface area (Å²) in [5.74, 6) is -3.63. The highest BCUT2D eigenvalue weighted by atomic mass is 19.3. The van der Waals surface area contributed by atoms with Crippen LogP contribution in [0.5, 0.6) is 5.75 Å². The van der Waals surface area contributed by atoms with Crippen LogP contribution in [0.1, 0.15) is 43.6 Å². The number of ether oxygens (including phenoxy) is 2. The summed E-state index contributed by atoms with van der Waals surface area (Å²) in [5.41, 5.74) is 1.60. The summed E-state index contributed by atoms with van der Waals surface area (Å²) in [5, 5.41) is 3.18. The molecule has 0 spiro atoms. The van der Waals surface area contributed by atoms with Crippen molar-refractivity contribution in [3.63, 3.8) is 0 Å². The van der Waals surface area contributed by atoms with Crippen LogP contribution in [0.15, 0.2) is 48.9 Å². The van der Waals surface area contributed by atoms with Crippen molar-refractivity contribution in [1.29, 1.82) is 0 Å². The van der Waals surface area contributed by atoms with Crippen LogP contribution in [-0.2, 0) is 11.2 Å². The van der Waals surface area contributed by atoms with E-state index < -0.39 is 35.7 Å². The minimum Gasteiger partial charge on any atom is -0.444 e. The zero-order valence-electron chi connectivity index (χ0n) is 25.1. The number of piperazine rings is 1. The Morgan fingerprint density at radius 2 is 1.71 bits per heavy atom. The normalized spacial score (nSPS) is 13.8. The van der Waals surface area contributed by atoms with Gasteiger partial charge in [0.15, 0.2) is 23.0 Å². The molecule has 0 radical (unpaired) electrons. The lowest BCUT2D eigenvalue weighted by Crippen LogP contribution is -2.51. The fourth-order valence-corrected chi connectivity index (χ4v) is 5.02. The standard InChI is InChI=1S/C31H32F4N6O4/c1-5-18-16-19(6-7-20(18)28(42)39-12-14-40(15-13-39)30(43)45-31(2,3)4)38-26-27-37-17-22(41(27)11-10-36-26)21-8-9-23(44-29(34)35)25(33)24(21)32/h6-11,16-17,29H,5,12-15H2,1-4H3,(H,36,38). The molecule has 1 aliphatic heterocycles. The molecule has 0 saturated carbocycles. The largest absolute Gasteiger partial charge is 0.444 e. The van der Waals surface area contributed by atoms with Gasteiger partial charge in [0.05, 0.1) is 11.9 Å². The summed E-state index contributed by atoms with van der Waals surface area (Å²) in [6.07, 6.45) is 4.43. The molecule has 45 heavy (non-hydrogen) atoms. The summed E-state index contributed by atoms with van der Waals surface area (Å²) in [6.45, 7) is 5.54. The van der Waals surface area contributed by atoms with Crippen LogP contribution in [0, 0.1) is 11.6 Å². The van der Waals surface area contributed by atoms with Crippen molar-refractivity contribution in [3.05, 3.63) is 71.7 Å². The van der Waals surface area contributed by atoms with E-state index in [1.54, 1.807) is 42.7 Å². The predicted molar refractivity (Wildman–Crippen MR) is 158 cm³/mol. The predicted octanol–water partition coefficient (Wildman–Crippen LogP) is 6.27. The Balaban J connectivity index is 1.33. The van der Waals surface area contributed by atoms with Crippen molar-refractivity contribution < 1.29 is 36.6 Å². The van der Waals surface area contributed by atoms with Gasteiger partial charge in [0.25, 0.3) is 5.91 Å². The molecule has 5 rings (SSSR count). The maximum atomic E-state index is 14.9. The van der Waals surface area contributed by atoms with Gasteiger partial charge in [-0.05, 0) is 63.1 Å². The van der Waals surface area contributed by atoms with Gasteiger partial charge in [-0.15, -0.1) is 0 Å². The number of benzene rings is 2. The Bertz CT molecular complexity index is 1730. The lowest BCUT2D eigenvalue weighted by atomic mass is 10.0. The van der Waals surface area contributed by atoms with E-state index in [0.29, 0.717) is 55.3 Å². The second kappa shape index (κ2) is 12.6. The van der Waals surface area contributed by atoms with Gasteiger partial charge in [0.2, 0.25) is 5.82 Å². The molecule has 1 saturated heterocycles. The minimum absolute atomic E-state index is 0.139. The summed E-state index contributed by atoms with van der Waals surface area (Å²) in [6, 6.07) is 7.34. The summed E-state index contributed by atoms with van der Waals surface area (Å²) >= 11 is 0. The quantitative estimate of drug-likeness (QED) is 0.241. The Morgan fingerprint density at radius 3 is 2.38 bits per heavy atom. The molecule has 10 nitrogen and oxygen atoms in total. The highest BCUT2D eigenvalue weighted by Crippen LogP contribution is 2.32. The van der Waals surface area contributed by atoms with E-state index in [9.17, 15) is 27.2 Å². The van der Waals surface area contributed by atoms with Gasteiger partial charge >= 0.3 is 12.7 Å². The van der Waals surface area contributed by atoms with Gasteiger partial charge in [-0.3, -0.25) is 9.20 Å². The zero-order chi connectivity index (χ0) is 32.5. The highest BCUT2D eigenvalue weighted by molar-refractivity contribution is 5.96. The molecule has 2 aromatic heterocycles. The third kappa shape index (κ3) is 6.79. The number of imidazole rings is 1. The third-order valence-electron chi connectivity index (χ3n) is 7.16. The maximum absolute atomic E-state index is 14.9. The van der Waals surface area contributed by atoms with Crippen LogP contribution in [0.25, 0.3) is 16.9 Å². The number of alkyl halides is 2. The molecule has 4 aromatic rings. The lowest BCUT2D eigenvalue weighted by Gasteiger charge is -2.35. The molecular formula is C31H32F4N6O4. The van der Waals surface area contributed by atoms with Crippen LogP contribution in [0.4, 0.5) is 33.9 Å². The summed E-state index contributed by atoms with van der Waals surface area (Å²) in [4.78, 5) is 37.8. The van der Waals surface area contributed by atoms with Crippen molar-refractivity contribution in [2.24, 2.45) is 0 Å². The molecule has 2 aromatic carbocycles. The van der Waals surface area contributed by atoms with E-state index >= 15 is 0 Å². The lowest BCUT2D eigenvalue weighted by molar-refractivity contribution is -0.0525. The van der Waals surface area contributed by atoms with Crippen LogP contribution in [0.3, 0.4) is 0 Å². The van der Waals surface area contributed by atoms with E-state index in [0.717, 1.165) is 17.7 Å². The zero-order valence-corrected chi connectivity index (χ0v) is 25.1. The van der Waals surface area contributed by atoms with E-state index in [4.69, 9.17) is 4.74 Å². The van der Waals surface area contributed by atoms with Gasteiger partial charge in [-0.2, -0.15) is 13.2 Å². The number of hydrogen-bond acceptors (Lipinski definition) is 7.